The van der Waals surface area contributed by atoms with Crippen LogP contribution < -0.4 is 10.5 Å². The highest BCUT2D eigenvalue weighted by atomic mass is 35.5. The van der Waals surface area contributed by atoms with Crippen LogP contribution in [0.3, 0.4) is 0 Å². The standard InChI is InChI=1S/C13H19NO3.ClH/c1-16-10-2-3-11(12(15)8-10)13(14)9-4-6-17-7-5-9;/h2-3,8-9,13,15H,4-7,14H2,1H3;1H/t13-;/m1./s1. The molecule has 18 heavy (non-hydrogen) atoms. The Morgan fingerprint density at radius 3 is 2.61 bits per heavy atom. The molecule has 1 aromatic rings. The van der Waals surface area contributed by atoms with Crippen molar-refractivity contribution in [3.05, 3.63) is 23.8 Å². The highest BCUT2D eigenvalue weighted by Gasteiger charge is 2.24. The highest BCUT2D eigenvalue weighted by Crippen LogP contribution is 2.34. The summed E-state index contributed by atoms with van der Waals surface area (Å²) in [5.74, 6) is 1.23. The van der Waals surface area contributed by atoms with Gasteiger partial charge in [0.1, 0.15) is 11.5 Å². The van der Waals surface area contributed by atoms with Crippen molar-refractivity contribution in [3.8, 4) is 11.5 Å². The van der Waals surface area contributed by atoms with E-state index < -0.39 is 0 Å². The molecule has 5 heteroatoms. The number of rotatable bonds is 3. The number of halogens is 1. The maximum absolute atomic E-state index is 9.93. The minimum Gasteiger partial charge on any atom is -0.507 e. The summed E-state index contributed by atoms with van der Waals surface area (Å²) in [6, 6.07) is 5.14. The zero-order valence-electron chi connectivity index (χ0n) is 10.5. The van der Waals surface area contributed by atoms with Crippen molar-refractivity contribution in [2.45, 2.75) is 18.9 Å². The summed E-state index contributed by atoms with van der Waals surface area (Å²) in [7, 11) is 1.58. The Bertz CT molecular complexity index is 380. The van der Waals surface area contributed by atoms with Gasteiger partial charge in [0.15, 0.2) is 0 Å². The van der Waals surface area contributed by atoms with Crippen LogP contribution in [-0.2, 0) is 4.74 Å². The second-order valence-corrected chi connectivity index (χ2v) is 4.40. The SMILES string of the molecule is COc1ccc([C@H](N)C2CCOCC2)c(O)c1.Cl. The molecule has 1 fully saturated rings. The van der Waals surface area contributed by atoms with E-state index in [9.17, 15) is 5.11 Å². The van der Waals surface area contributed by atoms with Crippen molar-refractivity contribution in [2.24, 2.45) is 11.7 Å². The average molecular weight is 274 g/mol. The van der Waals surface area contributed by atoms with Gasteiger partial charge in [-0.05, 0) is 24.8 Å². The van der Waals surface area contributed by atoms with Crippen LogP contribution in [0.4, 0.5) is 0 Å². The van der Waals surface area contributed by atoms with Crippen molar-refractivity contribution in [1.82, 2.24) is 0 Å². The number of benzene rings is 1. The zero-order valence-corrected chi connectivity index (χ0v) is 11.3. The van der Waals surface area contributed by atoms with Crippen molar-refractivity contribution in [2.75, 3.05) is 20.3 Å². The number of ether oxygens (including phenoxy) is 2. The van der Waals surface area contributed by atoms with Gasteiger partial charge in [-0.15, -0.1) is 12.4 Å². The summed E-state index contributed by atoms with van der Waals surface area (Å²) < 4.78 is 10.4. The van der Waals surface area contributed by atoms with Crippen LogP contribution in [0.15, 0.2) is 18.2 Å². The second kappa shape index (κ2) is 6.83. The fourth-order valence-electron chi connectivity index (χ4n) is 2.26. The third-order valence-corrected chi connectivity index (χ3v) is 3.37. The van der Waals surface area contributed by atoms with Gasteiger partial charge in [-0.25, -0.2) is 0 Å². The Morgan fingerprint density at radius 2 is 2.06 bits per heavy atom. The molecule has 0 radical (unpaired) electrons. The fraction of sp³-hybridized carbons (Fsp3) is 0.538. The first-order chi connectivity index (χ1) is 8.22. The van der Waals surface area contributed by atoms with E-state index in [4.69, 9.17) is 15.2 Å². The van der Waals surface area contributed by atoms with Crippen LogP contribution in [0.2, 0.25) is 0 Å². The lowest BCUT2D eigenvalue weighted by molar-refractivity contribution is 0.0581. The highest BCUT2D eigenvalue weighted by molar-refractivity contribution is 5.85. The van der Waals surface area contributed by atoms with Gasteiger partial charge in [0.05, 0.1) is 7.11 Å². The van der Waals surface area contributed by atoms with Crippen molar-refractivity contribution in [1.29, 1.82) is 0 Å². The lowest BCUT2D eigenvalue weighted by atomic mass is 9.87. The molecule has 3 N–H and O–H groups in total. The van der Waals surface area contributed by atoms with E-state index in [0.717, 1.165) is 31.6 Å². The van der Waals surface area contributed by atoms with Gasteiger partial charge in [-0.2, -0.15) is 0 Å². The van der Waals surface area contributed by atoms with E-state index >= 15 is 0 Å². The van der Waals surface area contributed by atoms with E-state index in [1.165, 1.54) is 0 Å². The van der Waals surface area contributed by atoms with Gasteiger partial charge < -0.3 is 20.3 Å². The van der Waals surface area contributed by atoms with Crippen LogP contribution in [0, 0.1) is 5.92 Å². The first-order valence-electron chi connectivity index (χ1n) is 5.92. The Labute approximate surface area is 113 Å². The lowest BCUT2D eigenvalue weighted by Gasteiger charge is -2.28. The van der Waals surface area contributed by atoms with E-state index in [1.54, 1.807) is 13.2 Å². The van der Waals surface area contributed by atoms with Gasteiger partial charge in [-0.1, -0.05) is 6.07 Å². The average Bonchev–Trinajstić information content (AvgIpc) is 2.39. The van der Waals surface area contributed by atoms with Crippen LogP contribution in [-0.4, -0.2) is 25.4 Å². The molecule has 102 valence electrons. The molecule has 0 aromatic heterocycles. The molecule has 1 aliphatic heterocycles. The van der Waals surface area contributed by atoms with E-state index in [1.807, 2.05) is 12.1 Å². The third-order valence-electron chi connectivity index (χ3n) is 3.37. The van der Waals surface area contributed by atoms with Crippen LogP contribution >= 0.6 is 12.4 Å². The molecule has 4 nitrogen and oxygen atoms in total. The molecule has 2 rings (SSSR count). The second-order valence-electron chi connectivity index (χ2n) is 4.40. The molecular weight excluding hydrogens is 254 g/mol. The quantitative estimate of drug-likeness (QED) is 0.887. The molecule has 0 saturated carbocycles. The topological polar surface area (TPSA) is 64.7 Å². The van der Waals surface area contributed by atoms with Crippen molar-refractivity contribution >= 4 is 12.4 Å². The largest absolute Gasteiger partial charge is 0.507 e. The molecule has 1 aromatic carbocycles. The van der Waals surface area contributed by atoms with E-state index in [0.29, 0.717) is 11.7 Å². The van der Waals surface area contributed by atoms with Gasteiger partial charge in [0.2, 0.25) is 0 Å². The fourth-order valence-corrected chi connectivity index (χ4v) is 2.26. The molecule has 1 aliphatic rings. The Kier molecular flexibility index (Phi) is 5.72. The van der Waals surface area contributed by atoms with Crippen molar-refractivity contribution < 1.29 is 14.6 Å². The number of phenolic OH excluding ortho intramolecular Hbond substituents is 1. The molecule has 1 saturated heterocycles. The summed E-state index contributed by atoms with van der Waals surface area (Å²) in [5.41, 5.74) is 7.00. The minimum atomic E-state index is -0.134. The molecule has 1 atom stereocenters. The van der Waals surface area contributed by atoms with Gasteiger partial charge in [-0.3, -0.25) is 0 Å². The van der Waals surface area contributed by atoms with Crippen LogP contribution in [0.1, 0.15) is 24.4 Å². The monoisotopic (exact) mass is 273 g/mol. The zero-order chi connectivity index (χ0) is 12.3. The molecule has 0 spiro atoms. The Balaban J connectivity index is 0.00000162. The number of hydrogen-bond acceptors (Lipinski definition) is 4. The summed E-state index contributed by atoms with van der Waals surface area (Å²) in [6.07, 6.45) is 1.90. The molecule has 0 aliphatic carbocycles. The molecular formula is C13H20ClNO3. The maximum Gasteiger partial charge on any atom is 0.124 e. The van der Waals surface area contributed by atoms with Crippen molar-refractivity contribution in [3.63, 3.8) is 0 Å². The number of aromatic hydroxyl groups is 1. The van der Waals surface area contributed by atoms with Crippen LogP contribution in [0.5, 0.6) is 11.5 Å². The third kappa shape index (κ3) is 3.28. The lowest BCUT2D eigenvalue weighted by Crippen LogP contribution is -2.27. The Morgan fingerprint density at radius 1 is 1.39 bits per heavy atom. The molecule has 1 heterocycles. The summed E-state index contributed by atoms with van der Waals surface area (Å²) >= 11 is 0. The predicted molar refractivity (Wildman–Crippen MR) is 72.4 cm³/mol. The molecule has 0 unspecified atom stereocenters. The maximum atomic E-state index is 9.93. The smallest absolute Gasteiger partial charge is 0.124 e. The van der Waals surface area contributed by atoms with Crippen LogP contribution in [0.25, 0.3) is 0 Å². The number of hydrogen-bond donors (Lipinski definition) is 2. The molecule has 0 amide bonds. The van der Waals surface area contributed by atoms with E-state index in [-0.39, 0.29) is 24.2 Å². The summed E-state index contributed by atoms with van der Waals surface area (Å²) in [5, 5.41) is 9.93. The first kappa shape index (κ1) is 15.1. The van der Waals surface area contributed by atoms with Gasteiger partial charge >= 0.3 is 0 Å². The normalized spacial score (nSPS) is 17.9. The number of methoxy groups -OCH3 is 1. The first-order valence-corrected chi connectivity index (χ1v) is 5.92. The van der Waals surface area contributed by atoms with Gasteiger partial charge in [0, 0.05) is 30.9 Å². The minimum absolute atomic E-state index is 0. The Hall–Kier alpha value is -0.970. The number of nitrogens with two attached hydrogens (primary N) is 1. The van der Waals surface area contributed by atoms with Gasteiger partial charge in [0.25, 0.3) is 0 Å². The number of phenols is 1. The molecule has 0 bridgehead atoms. The summed E-state index contributed by atoms with van der Waals surface area (Å²) in [4.78, 5) is 0. The predicted octanol–water partition coefficient (Wildman–Crippen LogP) is 2.25. The summed E-state index contributed by atoms with van der Waals surface area (Å²) in [6.45, 7) is 1.52. The van der Waals surface area contributed by atoms with E-state index in [2.05, 4.69) is 0 Å².